The van der Waals surface area contributed by atoms with Crippen LogP contribution in [0.5, 0.6) is 11.5 Å². The zero-order valence-electron chi connectivity index (χ0n) is 14.1. The molecule has 124 valence electrons. The summed E-state index contributed by atoms with van der Waals surface area (Å²) in [7, 11) is 0. The average Bonchev–Trinajstić information content (AvgIpc) is 2.89. The van der Waals surface area contributed by atoms with Crippen LogP contribution in [0, 0.1) is 12.3 Å². The number of terminal acetylenes is 1. The second kappa shape index (κ2) is 8.33. The van der Waals surface area contributed by atoms with Crippen LogP contribution in [-0.4, -0.2) is 31.8 Å². The molecule has 1 aromatic carbocycles. The van der Waals surface area contributed by atoms with E-state index in [2.05, 4.69) is 34.5 Å². The van der Waals surface area contributed by atoms with Crippen molar-refractivity contribution in [3.05, 3.63) is 23.3 Å². The molecule has 2 N–H and O–H groups in total. The highest BCUT2D eigenvalue weighted by molar-refractivity contribution is 5.80. The van der Waals surface area contributed by atoms with Gasteiger partial charge in [0.05, 0.1) is 19.7 Å². The fraction of sp³-hybridized carbons (Fsp3) is 0.500. The summed E-state index contributed by atoms with van der Waals surface area (Å²) in [5.41, 5.74) is 2.21. The van der Waals surface area contributed by atoms with Crippen molar-refractivity contribution in [1.82, 2.24) is 10.6 Å². The van der Waals surface area contributed by atoms with E-state index in [0.29, 0.717) is 25.7 Å². The van der Waals surface area contributed by atoms with Crippen LogP contribution in [0.4, 0.5) is 0 Å². The third kappa shape index (κ3) is 4.56. The van der Waals surface area contributed by atoms with Gasteiger partial charge in [0.15, 0.2) is 5.96 Å². The molecule has 0 fully saturated rings. The molecule has 0 aliphatic carbocycles. The number of ether oxygens (including phenoxy) is 2. The van der Waals surface area contributed by atoms with Gasteiger partial charge >= 0.3 is 0 Å². The minimum Gasteiger partial charge on any atom is -0.494 e. The number of aliphatic imine (C=N–C) groups is 1. The van der Waals surface area contributed by atoms with Gasteiger partial charge in [0.2, 0.25) is 0 Å². The Kier molecular flexibility index (Phi) is 6.16. The van der Waals surface area contributed by atoms with Crippen molar-refractivity contribution in [2.24, 2.45) is 4.99 Å². The van der Waals surface area contributed by atoms with Gasteiger partial charge in [0.1, 0.15) is 17.6 Å². The number of hydrogen-bond acceptors (Lipinski definition) is 3. The molecule has 0 spiro atoms. The molecule has 1 aliphatic rings. The van der Waals surface area contributed by atoms with Gasteiger partial charge in [-0.15, -0.1) is 6.42 Å². The van der Waals surface area contributed by atoms with E-state index >= 15 is 0 Å². The molecule has 2 rings (SSSR count). The van der Waals surface area contributed by atoms with Gasteiger partial charge in [-0.05, 0) is 32.9 Å². The lowest BCUT2D eigenvalue weighted by molar-refractivity contribution is 0.254. The van der Waals surface area contributed by atoms with Gasteiger partial charge in [0.25, 0.3) is 0 Å². The normalized spacial score (nSPS) is 16.3. The predicted molar refractivity (Wildman–Crippen MR) is 93.1 cm³/mol. The number of nitrogens with zero attached hydrogens (tertiary/aromatic N) is 1. The molecule has 0 amide bonds. The molecule has 5 nitrogen and oxygen atoms in total. The Bertz CT molecular complexity index is 605. The van der Waals surface area contributed by atoms with Crippen molar-refractivity contribution in [2.45, 2.75) is 39.8 Å². The van der Waals surface area contributed by atoms with E-state index in [1.807, 2.05) is 19.9 Å². The molecule has 1 heterocycles. The monoisotopic (exact) mass is 315 g/mol. The van der Waals surface area contributed by atoms with E-state index in [0.717, 1.165) is 30.0 Å². The first kappa shape index (κ1) is 17.0. The SMILES string of the molecule is C#CCNC(=NCc1cc2c(cc1OCC)CC(C)O2)NCC. The van der Waals surface area contributed by atoms with E-state index < -0.39 is 0 Å². The standard InChI is InChI=1S/C18H25N3O2/c1-5-8-20-18(19-6-2)21-12-15-11-17-14(9-13(4)23-17)10-16(15)22-7-3/h1,10-11,13H,6-9,12H2,2-4H3,(H2,19,20,21). The highest BCUT2D eigenvalue weighted by Gasteiger charge is 2.21. The largest absolute Gasteiger partial charge is 0.494 e. The molecule has 5 heteroatoms. The van der Waals surface area contributed by atoms with Crippen LogP contribution in [0.3, 0.4) is 0 Å². The Labute approximate surface area is 138 Å². The Morgan fingerprint density at radius 3 is 2.96 bits per heavy atom. The maximum Gasteiger partial charge on any atom is 0.192 e. The first-order valence-corrected chi connectivity index (χ1v) is 8.08. The van der Waals surface area contributed by atoms with Crippen LogP contribution >= 0.6 is 0 Å². The Morgan fingerprint density at radius 1 is 1.43 bits per heavy atom. The topological polar surface area (TPSA) is 54.9 Å². The molecule has 1 atom stereocenters. The number of benzene rings is 1. The first-order valence-electron chi connectivity index (χ1n) is 8.08. The highest BCUT2D eigenvalue weighted by atomic mass is 16.5. The van der Waals surface area contributed by atoms with Crippen LogP contribution in [-0.2, 0) is 13.0 Å². The lowest BCUT2D eigenvalue weighted by Gasteiger charge is -2.13. The van der Waals surface area contributed by atoms with Crippen LogP contribution in [0.1, 0.15) is 31.9 Å². The summed E-state index contributed by atoms with van der Waals surface area (Å²) < 4.78 is 11.6. The third-order valence-corrected chi connectivity index (χ3v) is 3.49. The highest BCUT2D eigenvalue weighted by Crippen LogP contribution is 2.35. The van der Waals surface area contributed by atoms with Crippen molar-refractivity contribution < 1.29 is 9.47 Å². The average molecular weight is 315 g/mol. The van der Waals surface area contributed by atoms with E-state index in [-0.39, 0.29) is 6.10 Å². The molecule has 1 aliphatic heterocycles. The fourth-order valence-corrected chi connectivity index (χ4v) is 2.54. The fourth-order valence-electron chi connectivity index (χ4n) is 2.54. The molecule has 1 aromatic rings. The Morgan fingerprint density at radius 2 is 2.26 bits per heavy atom. The van der Waals surface area contributed by atoms with Gasteiger partial charge in [0, 0.05) is 24.1 Å². The van der Waals surface area contributed by atoms with Crippen molar-refractivity contribution >= 4 is 5.96 Å². The number of guanidine groups is 1. The van der Waals surface area contributed by atoms with Gasteiger partial charge in [-0.1, -0.05) is 5.92 Å². The summed E-state index contributed by atoms with van der Waals surface area (Å²) >= 11 is 0. The lowest BCUT2D eigenvalue weighted by Crippen LogP contribution is -2.37. The van der Waals surface area contributed by atoms with Gasteiger partial charge < -0.3 is 20.1 Å². The van der Waals surface area contributed by atoms with Crippen LogP contribution < -0.4 is 20.1 Å². The van der Waals surface area contributed by atoms with Crippen molar-refractivity contribution in [3.63, 3.8) is 0 Å². The molecule has 23 heavy (non-hydrogen) atoms. The molecule has 0 radical (unpaired) electrons. The van der Waals surface area contributed by atoms with Gasteiger partial charge in [-0.3, -0.25) is 0 Å². The van der Waals surface area contributed by atoms with Crippen LogP contribution in [0.25, 0.3) is 0 Å². The quantitative estimate of drug-likeness (QED) is 0.479. The summed E-state index contributed by atoms with van der Waals surface area (Å²) in [5.74, 6) is 5.06. The minimum absolute atomic E-state index is 0.216. The van der Waals surface area contributed by atoms with Crippen molar-refractivity contribution in [1.29, 1.82) is 0 Å². The summed E-state index contributed by atoms with van der Waals surface area (Å²) in [4.78, 5) is 4.57. The molecular formula is C18H25N3O2. The summed E-state index contributed by atoms with van der Waals surface area (Å²) in [5, 5.41) is 6.25. The van der Waals surface area contributed by atoms with Crippen molar-refractivity contribution in [3.8, 4) is 23.8 Å². The molecule has 0 aromatic heterocycles. The molecular weight excluding hydrogens is 290 g/mol. The van der Waals surface area contributed by atoms with Gasteiger partial charge in [-0.25, -0.2) is 4.99 Å². The Balaban J connectivity index is 2.20. The Hall–Kier alpha value is -2.35. The smallest absolute Gasteiger partial charge is 0.192 e. The van der Waals surface area contributed by atoms with Gasteiger partial charge in [-0.2, -0.15) is 0 Å². The summed E-state index contributed by atoms with van der Waals surface area (Å²) in [6.45, 7) is 8.42. The zero-order chi connectivity index (χ0) is 16.7. The second-order valence-corrected chi connectivity index (χ2v) is 5.39. The van der Waals surface area contributed by atoms with E-state index in [4.69, 9.17) is 15.9 Å². The maximum absolute atomic E-state index is 5.84. The summed E-state index contributed by atoms with van der Waals surface area (Å²) in [6, 6.07) is 4.12. The van der Waals surface area contributed by atoms with E-state index in [9.17, 15) is 0 Å². The predicted octanol–water partition coefficient (Wildman–Crippen LogP) is 2.10. The van der Waals surface area contributed by atoms with E-state index in [1.165, 1.54) is 5.56 Å². The minimum atomic E-state index is 0.216. The number of hydrogen-bond donors (Lipinski definition) is 2. The molecule has 0 saturated carbocycles. The molecule has 0 saturated heterocycles. The number of rotatable bonds is 6. The first-order chi connectivity index (χ1) is 11.2. The number of nitrogens with one attached hydrogen (secondary N) is 2. The van der Waals surface area contributed by atoms with Crippen LogP contribution in [0.15, 0.2) is 17.1 Å². The maximum atomic E-state index is 5.84. The van der Waals surface area contributed by atoms with Crippen LogP contribution in [0.2, 0.25) is 0 Å². The summed E-state index contributed by atoms with van der Waals surface area (Å²) in [6.07, 6.45) is 6.42. The molecule has 0 bridgehead atoms. The third-order valence-electron chi connectivity index (χ3n) is 3.49. The zero-order valence-corrected chi connectivity index (χ0v) is 14.1. The number of fused-ring (bicyclic) bond motifs is 1. The molecule has 1 unspecified atom stereocenters. The van der Waals surface area contributed by atoms with E-state index in [1.54, 1.807) is 0 Å². The lowest BCUT2D eigenvalue weighted by atomic mass is 10.1. The second-order valence-electron chi connectivity index (χ2n) is 5.39. The van der Waals surface area contributed by atoms with Crippen molar-refractivity contribution in [2.75, 3.05) is 19.7 Å².